The number of fused-ring (bicyclic) bond motifs is 1. The predicted octanol–water partition coefficient (Wildman–Crippen LogP) is 0.718. The first-order chi connectivity index (χ1) is 15.7. The molecule has 3 aliphatic heterocycles. The van der Waals surface area contributed by atoms with Crippen molar-refractivity contribution >= 4 is 23.2 Å². The molecule has 9 nitrogen and oxygen atoms in total. The average Bonchev–Trinajstić information content (AvgIpc) is 3.34. The van der Waals surface area contributed by atoms with E-state index < -0.39 is 0 Å². The Hall–Kier alpha value is -3.43. The number of hydrogen-bond donors (Lipinski definition) is 4. The molecule has 2 aromatic rings. The van der Waals surface area contributed by atoms with Crippen LogP contribution in [0.15, 0.2) is 59.7 Å². The summed E-state index contributed by atoms with van der Waals surface area (Å²) < 4.78 is 0. The maximum Gasteiger partial charge on any atom is 0.234 e. The maximum absolute atomic E-state index is 11.7. The number of H-pyrrole nitrogens is 1. The zero-order valence-electron chi connectivity index (χ0n) is 17.8. The first-order valence-electron chi connectivity index (χ1n) is 11.2. The summed E-state index contributed by atoms with van der Waals surface area (Å²) in [6.07, 6.45) is 8.54. The highest BCUT2D eigenvalue weighted by Crippen LogP contribution is 2.39. The van der Waals surface area contributed by atoms with Crippen molar-refractivity contribution < 1.29 is 9.69 Å². The smallest absolute Gasteiger partial charge is 0.234 e. The number of carbonyl (C=O) groups is 1. The summed E-state index contributed by atoms with van der Waals surface area (Å²) in [5, 5.41) is 14.0. The summed E-state index contributed by atoms with van der Waals surface area (Å²) in [6, 6.07) is 10.6. The Morgan fingerprint density at radius 1 is 1.22 bits per heavy atom. The Kier molecular flexibility index (Phi) is 4.77. The van der Waals surface area contributed by atoms with Gasteiger partial charge in [0, 0.05) is 43.0 Å². The van der Waals surface area contributed by atoms with Gasteiger partial charge in [-0.25, -0.2) is 9.89 Å². The molecule has 9 heteroatoms. The van der Waals surface area contributed by atoms with E-state index in [1.165, 1.54) is 24.1 Å². The van der Waals surface area contributed by atoms with Crippen molar-refractivity contribution in [1.82, 2.24) is 20.4 Å². The normalized spacial score (nSPS) is 22.9. The minimum absolute atomic E-state index is 0.0973. The van der Waals surface area contributed by atoms with Crippen LogP contribution in [-0.2, 0) is 11.3 Å². The van der Waals surface area contributed by atoms with Gasteiger partial charge in [0.05, 0.1) is 18.9 Å². The number of amidine groups is 1. The fraction of sp³-hybridized carbons (Fsp3) is 0.348. The molecule has 1 aromatic carbocycles. The number of aromatic amines is 1. The molecule has 1 amide bonds. The number of rotatable bonds is 6. The van der Waals surface area contributed by atoms with Gasteiger partial charge in [0.25, 0.3) is 0 Å². The van der Waals surface area contributed by atoms with Gasteiger partial charge < -0.3 is 10.2 Å². The van der Waals surface area contributed by atoms with Crippen molar-refractivity contribution in [3.05, 3.63) is 66.0 Å². The van der Waals surface area contributed by atoms with Crippen molar-refractivity contribution in [3.63, 3.8) is 0 Å². The molecule has 0 spiro atoms. The van der Waals surface area contributed by atoms with Crippen LogP contribution in [0.1, 0.15) is 30.0 Å². The van der Waals surface area contributed by atoms with Crippen LogP contribution in [0.3, 0.4) is 0 Å². The standard InChI is InChI=1S/C23H26N8O/c32-23-15-29(8-6-25-23)12-16-2-1-3-18(10-16)30-13-21-24-7-9-31(21)22(14-30)26-20-11-19(27-28-20)17-4-5-17/h1-3,7,9-11,14,17H,4-6,8,12-13,15H2,(H,25,32)(H2,26,27,28)/p+1. The Bertz CT molecular complexity index is 1130. The molecule has 4 N–H and O–H groups in total. The van der Waals surface area contributed by atoms with Gasteiger partial charge in [-0.15, -0.1) is 0 Å². The van der Waals surface area contributed by atoms with E-state index >= 15 is 0 Å². The van der Waals surface area contributed by atoms with Crippen molar-refractivity contribution in [2.24, 2.45) is 4.99 Å². The van der Waals surface area contributed by atoms with Gasteiger partial charge in [0.1, 0.15) is 12.7 Å². The fourth-order valence-corrected chi connectivity index (χ4v) is 4.50. The second-order valence-corrected chi connectivity index (χ2v) is 8.81. The van der Waals surface area contributed by atoms with Gasteiger partial charge in [-0.1, -0.05) is 12.1 Å². The molecule has 1 atom stereocenters. The minimum Gasteiger partial charge on any atom is -0.354 e. The molecular weight excluding hydrogens is 404 g/mol. The Morgan fingerprint density at radius 3 is 3.03 bits per heavy atom. The summed E-state index contributed by atoms with van der Waals surface area (Å²) in [5.74, 6) is 3.62. The van der Waals surface area contributed by atoms with Crippen molar-refractivity contribution in [2.45, 2.75) is 25.3 Å². The van der Waals surface area contributed by atoms with Crippen LogP contribution < -0.4 is 20.4 Å². The predicted molar refractivity (Wildman–Crippen MR) is 122 cm³/mol. The van der Waals surface area contributed by atoms with Gasteiger partial charge in [-0.2, -0.15) is 5.10 Å². The van der Waals surface area contributed by atoms with Gasteiger partial charge in [0.15, 0.2) is 5.82 Å². The zero-order chi connectivity index (χ0) is 21.5. The lowest BCUT2D eigenvalue weighted by Gasteiger charge is -2.30. The molecule has 4 heterocycles. The van der Waals surface area contributed by atoms with Crippen LogP contribution in [0, 0.1) is 0 Å². The summed E-state index contributed by atoms with van der Waals surface area (Å²) in [5.41, 5.74) is 3.51. The van der Waals surface area contributed by atoms with E-state index in [1.807, 2.05) is 6.20 Å². The first-order valence-corrected chi connectivity index (χ1v) is 11.2. The molecule has 0 radical (unpaired) electrons. The number of benzene rings is 1. The fourth-order valence-electron chi connectivity index (χ4n) is 4.50. The molecule has 1 saturated heterocycles. The number of quaternary nitrogens is 1. The summed E-state index contributed by atoms with van der Waals surface area (Å²) in [7, 11) is 0. The molecule has 1 aliphatic carbocycles. The molecule has 1 saturated carbocycles. The lowest BCUT2D eigenvalue weighted by molar-refractivity contribution is -0.698. The third kappa shape index (κ3) is 3.92. The Balaban J connectivity index is 1.23. The summed E-state index contributed by atoms with van der Waals surface area (Å²) >= 11 is 0. The van der Waals surface area contributed by atoms with E-state index in [0.29, 0.717) is 19.0 Å². The largest absolute Gasteiger partial charge is 0.354 e. The van der Waals surface area contributed by atoms with Crippen molar-refractivity contribution in [2.75, 3.05) is 36.4 Å². The Morgan fingerprint density at radius 2 is 2.16 bits per heavy atom. The lowest BCUT2D eigenvalue weighted by atomic mass is 10.1. The second-order valence-electron chi connectivity index (χ2n) is 8.81. The zero-order valence-corrected chi connectivity index (χ0v) is 17.8. The van der Waals surface area contributed by atoms with E-state index in [2.05, 4.69) is 78.4 Å². The lowest BCUT2D eigenvalue weighted by Crippen LogP contribution is -3.10. The number of aromatic nitrogens is 2. The molecular formula is C23H27N8O+. The number of nitrogens with zero attached hydrogens (tertiary/aromatic N) is 4. The average molecular weight is 432 g/mol. The van der Waals surface area contributed by atoms with Gasteiger partial charge in [-0.3, -0.25) is 20.1 Å². The van der Waals surface area contributed by atoms with Crippen LogP contribution in [-0.4, -0.2) is 53.0 Å². The number of carbonyl (C=O) groups excluding carboxylic acids is 1. The number of anilines is 2. The highest BCUT2D eigenvalue weighted by Gasteiger charge is 2.33. The van der Waals surface area contributed by atoms with E-state index in [1.54, 1.807) is 0 Å². The number of hydrogen-bond acceptors (Lipinski definition) is 6. The highest BCUT2D eigenvalue weighted by atomic mass is 16.2. The number of nitrogens with one attached hydrogen (secondary N) is 4. The molecule has 4 aliphatic rings. The monoisotopic (exact) mass is 431 g/mol. The molecule has 6 rings (SSSR count). The van der Waals surface area contributed by atoms with E-state index in [4.69, 9.17) is 0 Å². The third-order valence-electron chi connectivity index (χ3n) is 6.32. The van der Waals surface area contributed by atoms with Gasteiger partial charge in [0.2, 0.25) is 17.6 Å². The quantitative estimate of drug-likeness (QED) is 0.541. The van der Waals surface area contributed by atoms with Crippen LogP contribution in [0.25, 0.3) is 0 Å². The molecule has 164 valence electrons. The molecule has 0 bridgehead atoms. The van der Waals surface area contributed by atoms with Gasteiger partial charge in [-0.05, 0) is 30.5 Å². The van der Waals surface area contributed by atoms with Gasteiger partial charge >= 0.3 is 0 Å². The third-order valence-corrected chi connectivity index (χ3v) is 6.32. The summed E-state index contributed by atoms with van der Waals surface area (Å²) in [4.78, 5) is 21.8. The molecule has 2 fully saturated rings. The SMILES string of the molecule is O=C1CN(Cc2cccc(N3C=C(Nc4cc(C5CC5)[nH]n4)[NH+]4C=CN=C4C3)c2)CCN1. The molecule has 32 heavy (non-hydrogen) atoms. The van der Waals surface area contributed by atoms with Crippen LogP contribution in [0.5, 0.6) is 0 Å². The molecule has 1 aromatic heterocycles. The molecule has 1 unspecified atom stereocenters. The second kappa shape index (κ2) is 7.92. The van der Waals surface area contributed by atoms with Crippen LogP contribution in [0.4, 0.5) is 11.5 Å². The number of aliphatic imine (C=N–C) groups is 1. The van der Waals surface area contributed by atoms with E-state index in [9.17, 15) is 4.79 Å². The number of piperazine rings is 1. The summed E-state index contributed by atoms with van der Waals surface area (Å²) in [6.45, 7) is 3.53. The first kappa shape index (κ1) is 19.3. The van der Waals surface area contributed by atoms with E-state index in [0.717, 1.165) is 47.7 Å². The van der Waals surface area contributed by atoms with Crippen LogP contribution >= 0.6 is 0 Å². The number of amides is 1. The minimum atomic E-state index is 0.0973. The van der Waals surface area contributed by atoms with E-state index in [-0.39, 0.29) is 5.91 Å². The highest BCUT2D eigenvalue weighted by molar-refractivity contribution is 5.84. The topological polar surface area (TPSA) is 93.1 Å². The van der Waals surface area contributed by atoms with Crippen molar-refractivity contribution in [1.29, 1.82) is 0 Å². The Labute approximate surface area is 186 Å². The van der Waals surface area contributed by atoms with Crippen LogP contribution in [0.2, 0.25) is 0 Å². The van der Waals surface area contributed by atoms with Crippen molar-refractivity contribution in [3.8, 4) is 0 Å². The maximum atomic E-state index is 11.7.